The Morgan fingerprint density at radius 3 is 2.84 bits per heavy atom. The number of rotatable bonds is 2. The molecule has 0 radical (unpaired) electrons. The standard InChI is InChI=1S/C19H16N2O4/c22-19(23)12-8-20-17(10-5-6-14-15(7-10)25-9-24-14)18-16(12)11-3-1-2-4-13(11)21-18/h1-7,12,17,20-21H,8-9H2,(H,22,23). The summed E-state index contributed by atoms with van der Waals surface area (Å²) in [6.45, 7) is 0.610. The van der Waals surface area contributed by atoms with Crippen LogP contribution in [0.15, 0.2) is 42.5 Å². The second-order valence-corrected chi connectivity index (χ2v) is 6.34. The highest BCUT2D eigenvalue weighted by Gasteiger charge is 2.35. The number of H-pyrrole nitrogens is 1. The van der Waals surface area contributed by atoms with Crippen molar-refractivity contribution in [3.8, 4) is 11.5 Å². The molecule has 6 nitrogen and oxygen atoms in total. The van der Waals surface area contributed by atoms with Crippen LogP contribution in [0.4, 0.5) is 0 Å². The summed E-state index contributed by atoms with van der Waals surface area (Å²) in [5.41, 5.74) is 3.73. The summed E-state index contributed by atoms with van der Waals surface area (Å²) in [4.78, 5) is 15.2. The van der Waals surface area contributed by atoms with Crippen molar-refractivity contribution in [3.63, 3.8) is 0 Å². The molecule has 25 heavy (non-hydrogen) atoms. The molecule has 0 saturated heterocycles. The molecule has 2 aliphatic heterocycles. The lowest BCUT2D eigenvalue weighted by Crippen LogP contribution is -2.36. The van der Waals surface area contributed by atoms with Crippen LogP contribution in [0.5, 0.6) is 11.5 Å². The van der Waals surface area contributed by atoms with Gasteiger partial charge >= 0.3 is 5.97 Å². The van der Waals surface area contributed by atoms with Crippen molar-refractivity contribution in [1.82, 2.24) is 10.3 Å². The highest BCUT2D eigenvalue weighted by atomic mass is 16.7. The smallest absolute Gasteiger partial charge is 0.312 e. The summed E-state index contributed by atoms with van der Waals surface area (Å²) < 4.78 is 10.9. The quantitative estimate of drug-likeness (QED) is 0.670. The maximum absolute atomic E-state index is 11.8. The highest BCUT2D eigenvalue weighted by molar-refractivity contribution is 5.91. The molecule has 3 heterocycles. The van der Waals surface area contributed by atoms with Crippen molar-refractivity contribution in [2.45, 2.75) is 12.0 Å². The van der Waals surface area contributed by atoms with Gasteiger partial charge in [0.1, 0.15) is 0 Å². The van der Waals surface area contributed by atoms with Gasteiger partial charge in [0.2, 0.25) is 6.79 Å². The van der Waals surface area contributed by atoms with E-state index in [0.717, 1.165) is 39.2 Å². The van der Waals surface area contributed by atoms with Crippen LogP contribution >= 0.6 is 0 Å². The summed E-state index contributed by atoms with van der Waals surface area (Å²) in [6, 6.07) is 13.6. The molecule has 2 atom stereocenters. The van der Waals surface area contributed by atoms with Gasteiger partial charge in [-0.25, -0.2) is 0 Å². The number of hydrogen-bond acceptors (Lipinski definition) is 4. The number of nitrogens with one attached hydrogen (secondary N) is 2. The van der Waals surface area contributed by atoms with Gasteiger partial charge in [-0.05, 0) is 29.3 Å². The molecule has 126 valence electrons. The first-order chi connectivity index (χ1) is 12.2. The molecule has 0 fully saturated rings. The lowest BCUT2D eigenvalue weighted by atomic mass is 9.87. The molecule has 3 aromatic rings. The van der Waals surface area contributed by atoms with Crippen LogP contribution in [-0.4, -0.2) is 29.4 Å². The Balaban J connectivity index is 1.68. The number of carboxylic acids is 1. The maximum Gasteiger partial charge on any atom is 0.312 e. The molecule has 0 bridgehead atoms. The zero-order valence-corrected chi connectivity index (χ0v) is 13.3. The third kappa shape index (κ3) is 2.11. The zero-order valence-electron chi connectivity index (χ0n) is 13.3. The second-order valence-electron chi connectivity index (χ2n) is 6.34. The molecule has 2 aliphatic rings. The summed E-state index contributed by atoms with van der Waals surface area (Å²) in [7, 11) is 0. The maximum atomic E-state index is 11.8. The van der Waals surface area contributed by atoms with Crippen LogP contribution in [0.25, 0.3) is 10.9 Å². The van der Waals surface area contributed by atoms with Crippen LogP contribution in [0.1, 0.15) is 28.8 Å². The number of para-hydroxylation sites is 1. The van der Waals surface area contributed by atoms with Crippen LogP contribution in [-0.2, 0) is 4.79 Å². The largest absolute Gasteiger partial charge is 0.481 e. The van der Waals surface area contributed by atoms with Crippen molar-refractivity contribution in [2.24, 2.45) is 0 Å². The van der Waals surface area contributed by atoms with Gasteiger partial charge in [-0.1, -0.05) is 24.3 Å². The third-order valence-electron chi connectivity index (χ3n) is 4.97. The number of benzene rings is 2. The fourth-order valence-corrected chi connectivity index (χ4v) is 3.82. The lowest BCUT2D eigenvalue weighted by Gasteiger charge is -2.29. The van der Waals surface area contributed by atoms with Gasteiger partial charge in [0.25, 0.3) is 0 Å². The topological polar surface area (TPSA) is 83.6 Å². The van der Waals surface area contributed by atoms with Crippen LogP contribution < -0.4 is 14.8 Å². The van der Waals surface area contributed by atoms with Crippen molar-refractivity contribution in [2.75, 3.05) is 13.3 Å². The molecule has 2 unspecified atom stereocenters. The molecular formula is C19H16N2O4. The molecule has 0 spiro atoms. The molecule has 5 rings (SSSR count). The Labute approximate surface area is 143 Å². The van der Waals surface area contributed by atoms with Gasteiger partial charge < -0.3 is 24.9 Å². The Bertz CT molecular complexity index is 994. The van der Waals surface area contributed by atoms with E-state index >= 15 is 0 Å². The SMILES string of the molecule is O=C(O)C1CNC(c2ccc3c(c2)OCO3)c2[nH]c3ccccc3c21. The summed E-state index contributed by atoms with van der Waals surface area (Å²) >= 11 is 0. The molecule has 1 aromatic heterocycles. The van der Waals surface area contributed by atoms with E-state index in [1.54, 1.807) is 0 Å². The van der Waals surface area contributed by atoms with E-state index < -0.39 is 11.9 Å². The van der Waals surface area contributed by atoms with Gasteiger partial charge in [-0.3, -0.25) is 4.79 Å². The van der Waals surface area contributed by atoms with Gasteiger partial charge in [0.15, 0.2) is 11.5 Å². The summed E-state index contributed by atoms with van der Waals surface area (Å²) in [6.07, 6.45) is 0. The minimum Gasteiger partial charge on any atom is -0.481 e. The minimum atomic E-state index is -0.817. The van der Waals surface area contributed by atoms with E-state index in [1.165, 1.54) is 0 Å². The average molecular weight is 336 g/mol. The van der Waals surface area contributed by atoms with Gasteiger partial charge in [-0.15, -0.1) is 0 Å². The van der Waals surface area contributed by atoms with E-state index in [1.807, 2.05) is 42.5 Å². The van der Waals surface area contributed by atoms with E-state index in [0.29, 0.717) is 6.54 Å². The fraction of sp³-hybridized carbons (Fsp3) is 0.211. The molecular weight excluding hydrogens is 320 g/mol. The van der Waals surface area contributed by atoms with Crippen LogP contribution in [0, 0.1) is 0 Å². The number of aliphatic carboxylic acids is 1. The third-order valence-corrected chi connectivity index (χ3v) is 4.97. The van der Waals surface area contributed by atoms with E-state index in [9.17, 15) is 9.90 Å². The van der Waals surface area contributed by atoms with E-state index in [2.05, 4.69) is 10.3 Å². The predicted octanol–water partition coefficient (Wildman–Crippen LogP) is 2.76. The summed E-state index contributed by atoms with van der Waals surface area (Å²) in [5.74, 6) is 0.0659. The van der Waals surface area contributed by atoms with E-state index in [4.69, 9.17) is 9.47 Å². The first-order valence-corrected chi connectivity index (χ1v) is 8.18. The van der Waals surface area contributed by atoms with Crippen LogP contribution in [0.3, 0.4) is 0 Å². The Morgan fingerprint density at radius 2 is 1.96 bits per heavy atom. The van der Waals surface area contributed by atoms with Gasteiger partial charge in [-0.2, -0.15) is 0 Å². The highest BCUT2D eigenvalue weighted by Crippen LogP contribution is 2.41. The molecule has 0 saturated carbocycles. The second kappa shape index (κ2) is 5.26. The Hall–Kier alpha value is -2.99. The van der Waals surface area contributed by atoms with Gasteiger partial charge in [0.05, 0.1) is 12.0 Å². The lowest BCUT2D eigenvalue weighted by molar-refractivity contribution is -0.138. The number of carbonyl (C=O) groups is 1. The van der Waals surface area contributed by atoms with Crippen molar-refractivity contribution in [1.29, 1.82) is 0 Å². The molecule has 0 amide bonds. The zero-order chi connectivity index (χ0) is 17.0. The molecule has 6 heteroatoms. The van der Waals surface area contributed by atoms with Crippen molar-refractivity contribution in [3.05, 3.63) is 59.3 Å². The Morgan fingerprint density at radius 1 is 1.12 bits per heavy atom. The monoisotopic (exact) mass is 336 g/mol. The number of ether oxygens (including phenoxy) is 2. The molecule has 0 aliphatic carbocycles. The fourth-order valence-electron chi connectivity index (χ4n) is 3.82. The first kappa shape index (κ1) is 14.4. The van der Waals surface area contributed by atoms with E-state index in [-0.39, 0.29) is 12.8 Å². The summed E-state index contributed by atoms with van der Waals surface area (Å²) in [5, 5.41) is 14.0. The molecule has 3 N–H and O–H groups in total. The number of fused-ring (bicyclic) bond motifs is 4. The van der Waals surface area contributed by atoms with Crippen LogP contribution in [0.2, 0.25) is 0 Å². The number of hydrogen-bond donors (Lipinski definition) is 3. The number of carboxylic acid groups (broad SMARTS) is 1. The minimum absolute atomic E-state index is 0.118. The average Bonchev–Trinajstić information content (AvgIpc) is 3.24. The predicted molar refractivity (Wildman–Crippen MR) is 91.1 cm³/mol. The number of aromatic amines is 1. The Kier molecular flexibility index (Phi) is 3.02. The van der Waals surface area contributed by atoms with Crippen molar-refractivity contribution < 1.29 is 19.4 Å². The first-order valence-electron chi connectivity index (χ1n) is 8.18. The van der Waals surface area contributed by atoms with Gasteiger partial charge in [0, 0.05) is 23.1 Å². The van der Waals surface area contributed by atoms with Crippen molar-refractivity contribution >= 4 is 16.9 Å². The normalized spacial score (nSPS) is 21.3. The number of aromatic nitrogens is 1. The molecule has 2 aromatic carbocycles.